The van der Waals surface area contributed by atoms with E-state index in [4.69, 9.17) is 11.5 Å². The Kier molecular flexibility index (Phi) is 7.24. The quantitative estimate of drug-likeness (QED) is 0.197. The Labute approximate surface area is 258 Å². The van der Waals surface area contributed by atoms with Gasteiger partial charge in [0.1, 0.15) is 0 Å². The number of rotatable bonds is 6. The van der Waals surface area contributed by atoms with E-state index in [2.05, 4.69) is 133 Å². The molecule has 0 radical (unpaired) electrons. The standard InChI is InChI=1S/C42H32N2/c43-41-18-8-16-33(27-41)39-23-35(29-10-3-1-4-11-29)21-37(25-39)31-14-7-15-32(20-31)38-22-36(30-12-5-2-6-13-30)24-40(26-38)34-17-9-19-42(44)28-34/h1-28H,43-44H2. The molecule has 0 unspecified atom stereocenters. The topological polar surface area (TPSA) is 52.0 Å². The van der Waals surface area contributed by atoms with Crippen LogP contribution in [-0.4, -0.2) is 0 Å². The predicted octanol–water partition coefficient (Wildman–Crippen LogP) is 10.9. The Morgan fingerprint density at radius 2 is 0.455 bits per heavy atom. The number of benzene rings is 7. The van der Waals surface area contributed by atoms with E-state index in [0.717, 1.165) is 55.9 Å². The second kappa shape index (κ2) is 11.8. The first kappa shape index (κ1) is 27.0. The van der Waals surface area contributed by atoms with Gasteiger partial charge in [0, 0.05) is 11.4 Å². The molecule has 2 heteroatoms. The molecule has 0 amide bonds. The van der Waals surface area contributed by atoms with Gasteiger partial charge < -0.3 is 11.5 Å². The zero-order valence-corrected chi connectivity index (χ0v) is 24.3. The van der Waals surface area contributed by atoms with Crippen molar-refractivity contribution in [2.45, 2.75) is 0 Å². The zero-order valence-electron chi connectivity index (χ0n) is 24.3. The van der Waals surface area contributed by atoms with Crippen LogP contribution in [0.5, 0.6) is 0 Å². The molecule has 0 spiro atoms. The first-order chi connectivity index (χ1) is 21.6. The Bertz CT molecular complexity index is 1930. The molecule has 7 rings (SSSR count). The molecule has 7 aromatic carbocycles. The fraction of sp³-hybridized carbons (Fsp3) is 0. The predicted molar refractivity (Wildman–Crippen MR) is 188 cm³/mol. The van der Waals surface area contributed by atoms with E-state index in [1.165, 1.54) is 22.3 Å². The number of nitrogen functional groups attached to an aromatic ring is 2. The highest BCUT2D eigenvalue weighted by Crippen LogP contribution is 2.37. The lowest BCUT2D eigenvalue weighted by Crippen LogP contribution is -1.90. The van der Waals surface area contributed by atoms with Crippen LogP contribution in [0, 0.1) is 0 Å². The highest BCUT2D eigenvalue weighted by molar-refractivity contribution is 5.86. The first-order valence-electron chi connectivity index (χ1n) is 14.8. The summed E-state index contributed by atoms with van der Waals surface area (Å²) in [6, 6.07) is 59.7. The fourth-order valence-corrected chi connectivity index (χ4v) is 5.83. The van der Waals surface area contributed by atoms with Crippen molar-refractivity contribution in [3.05, 3.63) is 170 Å². The second-order valence-corrected chi connectivity index (χ2v) is 11.2. The number of anilines is 2. The van der Waals surface area contributed by atoms with E-state index in [1.807, 2.05) is 36.4 Å². The van der Waals surface area contributed by atoms with Gasteiger partial charge in [0.05, 0.1) is 0 Å². The van der Waals surface area contributed by atoms with Gasteiger partial charge >= 0.3 is 0 Å². The minimum absolute atomic E-state index is 0.755. The summed E-state index contributed by atoms with van der Waals surface area (Å²) in [5.74, 6) is 0. The summed E-state index contributed by atoms with van der Waals surface area (Å²) in [6.07, 6.45) is 0. The summed E-state index contributed by atoms with van der Waals surface area (Å²) in [7, 11) is 0. The van der Waals surface area contributed by atoms with Gasteiger partial charge in [-0.3, -0.25) is 0 Å². The van der Waals surface area contributed by atoms with E-state index in [-0.39, 0.29) is 0 Å². The molecule has 210 valence electrons. The summed E-state index contributed by atoms with van der Waals surface area (Å²) in [6.45, 7) is 0. The number of hydrogen-bond donors (Lipinski definition) is 2. The van der Waals surface area contributed by atoms with E-state index in [9.17, 15) is 0 Å². The molecular formula is C42H32N2. The van der Waals surface area contributed by atoms with Crippen LogP contribution in [0.15, 0.2) is 170 Å². The van der Waals surface area contributed by atoms with Crippen LogP contribution in [0.1, 0.15) is 0 Å². The smallest absolute Gasteiger partial charge is 0.0320 e. The monoisotopic (exact) mass is 564 g/mol. The van der Waals surface area contributed by atoms with Crippen LogP contribution in [0.4, 0.5) is 11.4 Å². The minimum atomic E-state index is 0.755. The maximum Gasteiger partial charge on any atom is 0.0320 e. The van der Waals surface area contributed by atoms with Gasteiger partial charge in [-0.1, -0.05) is 103 Å². The summed E-state index contributed by atoms with van der Waals surface area (Å²) in [5, 5.41) is 0. The molecule has 7 aromatic rings. The number of hydrogen-bond acceptors (Lipinski definition) is 2. The molecule has 0 aliphatic rings. The maximum atomic E-state index is 6.19. The largest absolute Gasteiger partial charge is 0.399 e. The molecule has 0 saturated carbocycles. The van der Waals surface area contributed by atoms with E-state index < -0.39 is 0 Å². The van der Waals surface area contributed by atoms with Gasteiger partial charge in [-0.2, -0.15) is 0 Å². The van der Waals surface area contributed by atoms with E-state index in [1.54, 1.807) is 0 Å². The van der Waals surface area contributed by atoms with Crippen LogP contribution in [0.2, 0.25) is 0 Å². The number of nitrogens with two attached hydrogens (primary N) is 2. The van der Waals surface area contributed by atoms with E-state index >= 15 is 0 Å². The van der Waals surface area contributed by atoms with Gasteiger partial charge in [0.25, 0.3) is 0 Å². The summed E-state index contributed by atoms with van der Waals surface area (Å²) < 4.78 is 0. The van der Waals surface area contributed by atoms with Crippen LogP contribution < -0.4 is 11.5 Å². The molecule has 0 aromatic heterocycles. The third-order valence-corrected chi connectivity index (χ3v) is 8.05. The normalized spacial score (nSPS) is 10.9. The van der Waals surface area contributed by atoms with Crippen LogP contribution in [0.25, 0.3) is 66.8 Å². The molecule has 4 N–H and O–H groups in total. The van der Waals surface area contributed by atoms with Crippen molar-refractivity contribution in [1.29, 1.82) is 0 Å². The summed E-state index contributed by atoms with van der Waals surface area (Å²) >= 11 is 0. The van der Waals surface area contributed by atoms with Crippen LogP contribution in [-0.2, 0) is 0 Å². The Morgan fingerprint density at radius 1 is 0.205 bits per heavy atom. The molecule has 0 aliphatic heterocycles. The van der Waals surface area contributed by atoms with E-state index in [0.29, 0.717) is 0 Å². The van der Waals surface area contributed by atoms with Crippen LogP contribution >= 0.6 is 0 Å². The third kappa shape index (κ3) is 5.74. The lowest BCUT2D eigenvalue weighted by atomic mass is 9.90. The molecule has 0 bridgehead atoms. The van der Waals surface area contributed by atoms with Gasteiger partial charge in [-0.25, -0.2) is 0 Å². The molecule has 0 saturated heterocycles. The Morgan fingerprint density at radius 3 is 0.795 bits per heavy atom. The third-order valence-electron chi connectivity index (χ3n) is 8.05. The lowest BCUT2D eigenvalue weighted by Gasteiger charge is -2.14. The molecule has 44 heavy (non-hydrogen) atoms. The molecule has 0 atom stereocenters. The summed E-state index contributed by atoms with van der Waals surface area (Å²) in [4.78, 5) is 0. The fourth-order valence-electron chi connectivity index (χ4n) is 5.83. The van der Waals surface area contributed by atoms with Gasteiger partial charge in [-0.15, -0.1) is 0 Å². The van der Waals surface area contributed by atoms with Crippen molar-refractivity contribution in [2.24, 2.45) is 0 Å². The first-order valence-corrected chi connectivity index (χ1v) is 14.8. The molecule has 0 aliphatic carbocycles. The van der Waals surface area contributed by atoms with Crippen LogP contribution in [0.3, 0.4) is 0 Å². The summed E-state index contributed by atoms with van der Waals surface area (Å²) in [5.41, 5.74) is 27.7. The average Bonchev–Trinajstić information content (AvgIpc) is 3.09. The zero-order chi connectivity index (χ0) is 29.9. The van der Waals surface area contributed by atoms with Crippen molar-refractivity contribution in [1.82, 2.24) is 0 Å². The van der Waals surface area contributed by atoms with Gasteiger partial charge in [0.15, 0.2) is 0 Å². The van der Waals surface area contributed by atoms with Gasteiger partial charge in [-0.05, 0) is 133 Å². The molecular weight excluding hydrogens is 532 g/mol. The highest BCUT2D eigenvalue weighted by Gasteiger charge is 2.11. The molecule has 2 nitrogen and oxygen atoms in total. The maximum absolute atomic E-state index is 6.19. The van der Waals surface area contributed by atoms with Gasteiger partial charge in [0.2, 0.25) is 0 Å². The van der Waals surface area contributed by atoms with Crippen molar-refractivity contribution < 1.29 is 0 Å². The van der Waals surface area contributed by atoms with Crippen molar-refractivity contribution >= 4 is 11.4 Å². The average molecular weight is 565 g/mol. The molecule has 0 heterocycles. The molecule has 0 fully saturated rings. The Balaban J connectivity index is 1.38. The SMILES string of the molecule is Nc1cccc(-c2cc(-c3ccccc3)cc(-c3cccc(-c4cc(-c5ccccc5)cc(-c5cccc(N)c5)c4)c3)c2)c1. The highest BCUT2D eigenvalue weighted by atomic mass is 14.5. The second-order valence-electron chi connectivity index (χ2n) is 11.2. The van der Waals surface area contributed by atoms with Crippen molar-refractivity contribution in [2.75, 3.05) is 11.5 Å². The van der Waals surface area contributed by atoms with Crippen molar-refractivity contribution in [3.63, 3.8) is 0 Å². The lowest BCUT2D eigenvalue weighted by molar-refractivity contribution is 1.54. The minimum Gasteiger partial charge on any atom is -0.399 e. The van der Waals surface area contributed by atoms with Crippen molar-refractivity contribution in [3.8, 4) is 66.8 Å². The Hall–Kier alpha value is -5.86.